The Morgan fingerprint density at radius 1 is 1.32 bits per heavy atom. The fourth-order valence-electron chi connectivity index (χ4n) is 2.58. The minimum Gasteiger partial charge on any atom is -0.490 e. The molecule has 0 bridgehead atoms. The third-order valence-corrected chi connectivity index (χ3v) is 3.58. The van der Waals surface area contributed by atoms with Crippen molar-refractivity contribution in [3.8, 4) is 5.75 Å². The van der Waals surface area contributed by atoms with Gasteiger partial charge in [0, 0.05) is 12.5 Å². The highest BCUT2D eigenvalue weighted by Gasteiger charge is 2.14. The second kappa shape index (κ2) is 5.61. The summed E-state index contributed by atoms with van der Waals surface area (Å²) in [5, 5.41) is 3.35. The van der Waals surface area contributed by atoms with Gasteiger partial charge < -0.3 is 15.0 Å². The van der Waals surface area contributed by atoms with Gasteiger partial charge in [0.25, 0.3) is 0 Å². The maximum absolute atomic E-state index is 6.04. The second-order valence-corrected chi connectivity index (χ2v) is 5.18. The van der Waals surface area contributed by atoms with Gasteiger partial charge in [-0.25, -0.2) is 4.98 Å². The SMILES string of the molecule is CCCc1nc2ccc(OC3CCNCC3)cc2[nH]1. The zero-order chi connectivity index (χ0) is 13.1. The molecular weight excluding hydrogens is 238 g/mol. The van der Waals surface area contributed by atoms with Gasteiger partial charge in [-0.3, -0.25) is 0 Å². The van der Waals surface area contributed by atoms with E-state index >= 15 is 0 Å². The lowest BCUT2D eigenvalue weighted by atomic mass is 10.1. The van der Waals surface area contributed by atoms with E-state index in [0.717, 1.165) is 61.4 Å². The summed E-state index contributed by atoms with van der Waals surface area (Å²) >= 11 is 0. The molecule has 1 aromatic heterocycles. The van der Waals surface area contributed by atoms with Crippen LogP contribution in [0.5, 0.6) is 5.75 Å². The zero-order valence-corrected chi connectivity index (χ0v) is 11.4. The van der Waals surface area contributed by atoms with E-state index in [4.69, 9.17) is 4.74 Å². The van der Waals surface area contributed by atoms with Gasteiger partial charge in [-0.15, -0.1) is 0 Å². The van der Waals surface area contributed by atoms with Gasteiger partial charge in [-0.05, 0) is 44.5 Å². The van der Waals surface area contributed by atoms with E-state index in [9.17, 15) is 0 Å². The van der Waals surface area contributed by atoms with Crippen molar-refractivity contribution in [1.82, 2.24) is 15.3 Å². The van der Waals surface area contributed by atoms with Gasteiger partial charge in [0.05, 0.1) is 11.0 Å². The number of benzene rings is 1. The molecule has 1 fully saturated rings. The summed E-state index contributed by atoms with van der Waals surface area (Å²) in [4.78, 5) is 7.94. The van der Waals surface area contributed by atoms with Gasteiger partial charge in [0.1, 0.15) is 17.7 Å². The number of ether oxygens (including phenoxy) is 1. The van der Waals surface area contributed by atoms with Crippen molar-refractivity contribution in [3.63, 3.8) is 0 Å². The first-order valence-electron chi connectivity index (χ1n) is 7.21. The maximum Gasteiger partial charge on any atom is 0.121 e. The van der Waals surface area contributed by atoms with Crippen LogP contribution < -0.4 is 10.1 Å². The van der Waals surface area contributed by atoms with Gasteiger partial charge in [0.2, 0.25) is 0 Å². The minimum absolute atomic E-state index is 0.344. The molecular formula is C15H21N3O. The Kier molecular flexibility index (Phi) is 3.69. The highest BCUT2D eigenvalue weighted by atomic mass is 16.5. The molecule has 102 valence electrons. The fraction of sp³-hybridized carbons (Fsp3) is 0.533. The smallest absolute Gasteiger partial charge is 0.121 e. The molecule has 2 heterocycles. The number of nitrogens with zero attached hydrogens (tertiary/aromatic N) is 1. The van der Waals surface area contributed by atoms with Crippen molar-refractivity contribution in [2.45, 2.75) is 38.7 Å². The number of nitrogens with one attached hydrogen (secondary N) is 2. The van der Waals surface area contributed by atoms with E-state index in [1.807, 2.05) is 12.1 Å². The largest absolute Gasteiger partial charge is 0.490 e. The number of piperidine rings is 1. The van der Waals surface area contributed by atoms with Crippen LogP contribution in [0, 0.1) is 0 Å². The normalized spacial score (nSPS) is 16.9. The van der Waals surface area contributed by atoms with E-state index in [1.165, 1.54) is 0 Å². The van der Waals surface area contributed by atoms with Crippen LogP contribution in [0.3, 0.4) is 0 Å². The summed E-state index contributed by atoms with van der Waals surface area (Å²) in [5.41, 5.74) is 2.11. The fourth-order valence-corrected chi connectivity index (χ4v) is 2.58. The monoisotopic (exact) mass is 259 g/mol. The summed E-state index contributed by atoms with van der Waals surface area (Å²) < 4.78 is 6.04. The van der Waals surface area contributed by atoms with E-state index in [2.05, 4.69) is 28.3 Å². The predicted molar refractivity (Wildman–Crippen MR) is 76.6 cm³/mol. The van der Waals surface area contributed by atoms with Crippen LogP contribution in [-0.2, 0) is 6.42 Å². The molecule has 1 aromatic carbocycles. The van der Waals surface area contributed by atoms with Crippen molar-refractivity contribution in [2.75, 3.05) is 13.1 Å². The molecule has 0 radical (unpaired) electrons. The lowest BCUT2D eigenvalue weighted by molar-refractivity contribution is 0.162. The van der Waals surface area contributed by atoms with Gasteiger partial charge in [-0.1, -0.05) is 6.92 Å². The first-order valence-corrected chi connectivity index (χ1v) is 7.21. The van der Waals surface area contributed by atoms with E-state index < -0.39 is 0 Å². The van der Waals surface area contributed by atoms with Crippen molar-refractivity contribution in [3.05, 3.63) is 24.0 Å². The minimum atomic E-state index is 0.344. The number of hydrogen-bond donors (Lipinski definition) is 2. The molecule has 0 atom stereocenters. The molecule has 3 rings (SSSR count). The molecule has 1 saturated heterocycles. The average molecular weight is 259 g/mol. The highest BCUT2D eigenvalue weighted by Crippen LogP contribution is 2.22. The molecule has 2 aromatic rings. The summed E-state index contributed by atoms with van der Waals surface area (Å²) in [7, 11) is 0. The van der Waals surface area contributed by atoms with Crippen molar-refractivity contribution >= 4 is 11.0 Å². The number of imidazole rings is 1. The molecule has 0 aliphatic carbocycles. The number of aromatic nitrogens is 2. The Bertz CT molecular complexity index is 543. The van der Waals surface area contributed by atoms with Crippen LogP contribution in [-0.4, -0.2) is 29.2 Å². The van der Waals surface area contributed by atoms with Gasteiger partial charge >= 0.3 is 0 Å². The molecule has 1 aliphatic heterocycles. The number of H-pyrrole nitrogens is 1. The molecule has 19 heavy (non-hydrogen) atoms. The summed E-state index contributed by atoms with van der Waals surface area (Å²) in [6.45, 7) is 4.27. The van der Waals surface area contributed by atoms with Gasteiger partial charge in [-0.2, -0.15) is 0 Å². The number of fused-ring (bicyclic) bond motifs is 1. The molecule has 0 unspecified atom stereocenters. The van der Waals surface area contributed by atoms with Crippen molar-refractivity contribution < 1.29 is 4.74 Å². The Hall–Kier alpha value is -1.55. The highest BCUT2D eigenvalue weighted by molar-refractivity contribution is 5.76. The summed E-state index contributed by atoms with van der Waals surface area (Å²) in [5.74, 6) is 2.02. The third kappa shape index (κ3) is 2.89. The van der Waals surface area contributed by atoms with Crippen LogP contribution in [0.2, 0.25) is 0 Å². The topological polar surface area (TPSA) is 49.9 Å². The Labute approximate surface area is 113 Å². The number of aryl methyl sites for hydroxylation is 1. The lowest BCUT2D eigenvalue weighted by Crippen LogP contribution is -2.34. The number of rotatable bonds is 4. The van der Waals surface area contributed by atoms with Crippen molar-refractivity contribution in [2.24, 2.45) is 0 Å². The van der Waals surface area contributed by atoms with Crippen molar-refractivity contribution in [1.29, 1.82) is 0 Å². The quantitative estimate of drug-likeness (QED) is 0.887. The third-order valence-electron chi connectivity index (χ3n) is 3.58. The standard InChI is InChI=1S/C15H21N3O/c1-2-3-15-17-13-5-4-12(10-14(13)18-15)19-11-6-8-16-9-7-11/h4-5,10-11,16H,2-3,6-9H2,1H3,(H,17,18). The lowest BCUT2D eigenvalue weighted by Gasteiger charge is -2.23. The van der Waals surface area contributed by atoms with Crippen LogP contribution in [0.25, 0.3) is 11.0 Å². The van der Waals surface area contributed by atoms with E-state index in [1.54, 1.807) is 0 Å². The van der Waals surface area contributed by atoms with E-state index in [-0.39, 0.29) is 0 Å². The number of hydrogen-bond acceptors (Lipinski definition) is 3. The van der Waals surface area contributed by atoms with Crippen LogP contribution in [0.15, 0.2) is 18.2 Å². The van der Waals surface area contributed by atoms with Crippen LogP contribution in [0.1, 0.15) is 32.0 Å². The molecule has 4 nitrogen and oxygen atoms in total. The molecule has 1 aliphatic rings. The molecule has 0 spiro atoms. The first kappa shape index (κ1) is 12.5. The molecule has 4 heteroatoms. The van der Waals surface area contributed by atoms with E-state index in [0.29, 0.717) is 6.10 Å². The molecule has 2 N–H and O–H groups in total. The maximum atomic E-state index is 6.04. The van der Waals surface area contributed by atoms with Gasteiger partial charge in [0.15, 0.2) is 0 Å². The Balaban J connectivity index is 1.76. The summed E-state index contributed by atoms with van der Waals surface area (Å²) in [6, 6.07) is 6.14. The summed E-state index contributed by atoms with van der Waals surface area (Å²) in [6.07, 6.45) is 4.62. The Morgan fingerprint density at radius 3 is 2.95 bits per heavy atom. The molecule has 0 amide bonds. The van der Waals surface area contributed by atoms with Crippen LogP contribution >= 0.6 is 0 Å². The zero-order valence-electron chi connectivity index (χ0n) is 11.4. The first-order chi connectivity index (χ1) is 9.35. The molecule has 0 saturated carbocycles. The van der Waals surface area contributed by atoms with Crippen LogP contribution in [0.4, 0.5) is 0 Å². The number of aromatic amines is 1. The predicted octanol–water partition coefficient (Wildman–Crippen LogP) is 2.65. The second-order valence-electron chi connectivity index (χ2n) is 5.18. The average Bonchev–Trinajstić information content (AvgIpc) is 2.82. The Morgan fingerprint density at radius 2 is 2.16 bits per heavy atom.